The fraction of sp³-hybridized carbons (Fsp3) is 0.346. The van der Waals surface area contributed by atoms with Crippen molar-refractivity contribution >= 4 is 23.5 Å². The number of rotatable bonds is 8. The largest absolute Gasteiger partial charge is 0.457 e. The van der Waals surface area contributed by atoms with Crippen LogP contribution in [0.2, 0.25) is 0 Å². The van der Waals surface area contributed by atoms with E-state index in [2.05, 4.69) is 39.8 Å². The second-order valence-corrected chi connectivity index (χ2v) is 8.83. The monoisotopic (exact) mass is 419 g/mol. The van der Waals surface area contributed by atoms with E-state index in [1.165, 1.54) is 17.7 Å². The van der Waals surface area contributed by atoms with Crippen LogP contribution >= 0.6 is 0 Å². The molecule has 0 saturated heterocycles. The number of imide groups is 1. The zero-order valence-electron chi connectivity index (χ0n) is 18.6. The Hall–Kier alpha value is -3.21. The maximum atomic E-state index is 12.4. The zero-order valence-corrected chi connectivity index (χ0v) is 18.6. The van der Waals surface area contributed by atoms with Crippen LogP contribution in [0.4, 0.5) is 5.69 Å². The van der Waals surface area contributed by atoms with Gasteiger partial charge in [-0.15, -0.1) is 0 Å². The van der Waals surface area contributed by atoms with Crippen LogP contribution in [0.5, 0.6) is 0 Å². The summed E-state index contributed by atoms with van der Waals surface area (Å²) in [5.74, 6) is -0.770. The molecule has 2 aromatic carbocycles. The van der Waals surface area contributed by atoms with Gasteiger partial charge in [-0.05, 0) is 53.1 Å². The Balaban J connectivity index is 1.56. The molecular formula is C26H29NO4. The van der Waals surface area contributed by atoms with Crippen LogP contribution in [0, 0.1) is 5.41 Å². The number of esters is 1. The van der Waals surface area contributed by atoms with Crippen molar-refractivity contribution in [2.24, 2.45) is 5.41 Å². The third kappa shape index (κ3) is 5.48. The van der Waals surface area contributed by atoms with Crippen LogP contribution < -0.4 is 4.90 Å². The predicted octanol–water partition coefficient (Wildman–Crippen LogP) is 5.40. The average molecular weight is 420 g/mol. The van der Waals surface area contributed by atoms with Crippen molar-refractivity contribution in [3.8, 4) is 0 Å². The molecule has 2 amide bonds. The number of hydrogen-bond donors (Lipinski definition) is 0. The Morgan fingerprint density at radius 2 is 1.55 bits per heavy atom. The van der Waals surface area contributed by atoms with Gasteiger partial charge in [-0.2, -0.15) is 0 Å². The molecule has 1 atom stereocenters. The van der Waals surface area contributed by atoms with Crippen LogP contribution in [-0.4, -0.2) is 17.8 Å². The SMILES string of the molecule is CCC(C)(C)CC(C)c1ccc(COC(=O)c2ccc(N3C(=O)C=CC3=O)cc2)cc1. The van der Waals surface area contributed by atoms with Gasteiger partial charge in [0.15, 0.2) is 0 Å². The van der Waals surface area contributed by atoms with Gasteiger partial charge in [-0.3, -0.25) is 9.59 Å². The molecule has 0 aromatic heterocycles. The molecule has 5 nitrogen and oxygen atoms in total. The van der Waals surface area contributed by atoms with Crippen LogP contribution in [0.15, 0.2) is 60.7 Å². The summed E-state index contributed by atoms with van der Waals surface area (Å²) in [5.41, 5.74) is 3.31. The molecular weight excluding hydrogens is 390 g/mol. The van der Waals surface area contributed by atoms with Crippen molar-refractivity contribution < 1.29 is 19.1 Å². The lowest BCUT2D eigenvalue weighted by atomic mass is 9.79. The summed E-state index contributed by atoms with van der Waals surface area (Å²) in [4.78, 5) is 36.9. The number of carbonyl (C=O) groups is 3. The second kappa shape index (κ2) is 9.29. The lowest BCUT2D eigenvalue weighted by Gasteiger charge is -2.27. The van der Waals surface area contributed by atoms with Crippen molar-refractivity contribution in [3.05, 3.63) is 77.4 Å². The Morgan fingerprint density at radius 1 is 0.968 bits per heavy atom. The summed E-state index contributed by atoms with van der Waals surface area (Å²) in [6.45, 7) is 9.24. The molecule has 162 valence electrons. The van der Waals surface area contributed by atoms with Gasteiger partial charge < -0.3 is 4.74 Å². The maximum absolute atomic E-state index is 12.4. The van der Waals surface area contributed by atoms with E-state index < -0.39 is 17.8 Å². The molecule has 1 aliphatic heterocycles. The molecule has 0 N–H and O–H groups in total. The van der Waals surface area contributed by atoms with Crippen LogP contribution in [0.1, 0.15) is 67.9 Å². The van der Waals surface area contributed by atoms with Crippen molar-refractivity contribution in [3.63, 3.8) is 0 Å². The quantitative estimate of drug-likeness (QED) is 0.424. The van der Waals surface area contributed by atoms with Gasteiger partial charge in [0.25, 0.3) is 11.8 Å². The van der Waals surface area contributed by atoms with Gasteiger partial charge in [-0.1, -0.05) is 58.4 Å². The Morgan fingerprint density at radius 3 is 2.10 bits per heavy atom. The predicted molar refractivity (Wildman–Crippen MR) is 121 cm³/mol. The van der Waals surface area contributed by atoms with Crippen molar-refractivity contribution in [1.29, 1.82) is 0 Å². The molecule has 1 heterocycles. The molecule has 0 spiro atoms. The number of amides is 2. The summed E-state index contributed by atoms with van der Waals surface area (Å²) >= 11 is 0. The fourth-order valence-electron chi connectivity index (χ4n) is 3.67. The van der Waals surface area contributed by atoms with Gasteiger partial charge in [-0.25, -0.2) is 9.69 Å². The number of ether oxygens (including phenoxy) is 1. The van der Waals surface area contributed by atoms with E-state index in [-0.39, 0.29) is 6.61 Å². The molecule has 3 rings (SSSR count). The normalized spacial score (nSPS) is 14.8. The number of anilines is 1. The van der Waals surface area contributed by atoms with E-state index in [1.807, 2.05) is 12.1 Å². The Bertz CT molecular complexity index is 969. The van der Waals surface area contributed by atoms with Crippen molar-refractivity contribution in [1.82, 2.24) is 0 Å². The lowest BCUT2D eigenvalue weighted by Crippen LogP contribution is -2.29. The second-order valence-electron chi connectivity index (χ2n) is 8.83. The van der Waals surface area contributed by atoms with Gasteiger partial charge >= 0.3 is 5.97 Å². The smallest absolute Gasteiger partial charge is 0.338 e. The first-order valence-electron chi connectivity index (χ1n) is 10.6. The highest BCUT2D eigenvalue weighted by Crippen LogP contribution is 2.33. The molecule has 1 aliphatic rings. The summed E-state index contributed by atoms with van der Waals surface area (Å²) in [6, 6.07) is 14.4. The Kier molecular flexibility index (Phi) is 6.74. The summed E-state index contributed by atoms with van der Waals surface area (Å²) in [5, 5.41) is 0. The standard InChI is InChI=1S/C26H29NO4/c1-5-26(3,4)16-18(2)20-8-6-19(7-9-20)17-31-25(30)21-10-12-22(13-11-21)27-23(28)14-15-24(27)29/h6-15,18H,5,16-17H2,1-4H3. The highest BCUT2D eigenvalue weighted by atomic mass is 16.5. The summed E-state index contributed by atoms with van der Waals surface area (Å²) < 4.78 is 5.42. The van der Waals surface area contributed by atoms with E-state index >= 15 is 0 Å². The third-order valence-electron chi connectivity index (χ3n) is 5.91. The minimum Gasteiger partial charge on any atom is -0.457 e. The third-order valence-corrected chi connectivity index (χ3v) is 5.91. The van der Waals surface area contributed by atoms with E-state index in [1.54, 1.807) is 24.3 Å². The van der Waals surface area contributed by atoms with Crippen molar-refractivity contribution in [2.75, 3.05) is 4.90 Å². The molecule has 31 heavy (non-hydrogen) atoms. The van der Waals surface area contributed by atoms with E-state index in [9.17, 15) is 14.4 Å². The number of benzene rings is 2. The minimum absolute atomic E-state index is 0.183. The van der Waals surface area contributed by atoms with Gasteiger partial charge in [0.05, 0.1) is 11.3 Å². The van der Waals surface area contributed by atoms with Gasteiger partial charge in [0, 0.05) is 12.2 Å². The first kappa shape index (κ1) is 22.5. The zero-order chi connectivity index (χ0) is 22.6. The number of nitrogens with zero attached hydrogens (tertiary/aromatic N) is 1. The molecule has 0 fully saturated rings. The molecule has 0 bridgehead atoms. The molecule has 2 aromatic rings. The van der Waals surface area contributed by atoms with Gasteiger partial charge in [0.2, 0.25) is 0 Å². The highest BCUT2D eigenvalue weighted by Gasteiger charge is 2.25. The van der Waals surface area contributed by atoms with Crippen molar-refractivity contribution in [2.45, 2.75) is 53.1 Å². The van der Waals surface area contributed by atoms with E-state index in [4.69, 9.17) is 4.74 Å². The minimum atomic E-state index is -0.453. The van der Waals surface area contributed by atoms with E-state index in [0.717, 1.165) is 23.3 Å². The number of carbonyl (C=O) groups excluding carboxylic acids is 3. The van der Waals surface area contributed by atoms with Crippen LogP contribution in [-0.2, 0) is 20.9 Å². The van der Waals surface area contributed by atoms with E-state index in [0.29, 0.717) is 22.6 Å². The topological polar surface area (TPSA) is 63.7 Å². The van der Waals surface area contributed by atoms with Gasteiger partial charge in [0.1, 0.15) is 6.61 Å². The van der Waals surface area contributed by atoms with Crippen LogP contribution in [0.3, 0.4) is 0 Å². The maximum Gasteiger partial charge on any atom is 0.338 e. The number of hydrogen-bond acceptors (Lipinski definition) is 4. The van der Waals surface area contributed by atoms with Crippen LogP contribution in [0.25, 0.3) is 0 Å². The molecule has 0 radical (unpaired) electrons. The molecule has 0 saturated carbocycles. The molecule has 5 heteroatoms. The molecule has 0 aliphatic carbocycles. The first-order valence-corrected chi connectivity index (χ1v) is 10.6. The molecule has 1 unspecified atom stereocenters. The summed E-state index contributed by atoms with van der Waals surface area (Å²) in [6.07, 6.45) is 4.72. The summed E-state index contributed by atoms with van der Waals surface area (Å²) in [7, 11) is 0. The first-order chi connectivity index (χ1) is 14.7. The lowest BCUT2D eigenvalue weighted by molar-refractivity contribution is -0.119. The average Bonchev–Trinajstić information content (AvgIpc) is 3.10. The Labute approximate surface area is 183 Å². The highest BCUT2D eigenvalue weighted by molar-refractivity contribution is 6.28. The fourth-order valence-corrected chi connectivity index (χ4v) is 3.67.